The van der Waals surface area contributed by atoms with Gasteiger partial charge in [0, 0.05) is 49.8 Å². The molecule has 3 aromatic rings. The molecule has 8 nitrogen and oxygen atoms in total. The van der Waals surface area contributed by atoms with Crippen molar-refractivity contribution >= 4 is 21.6 Å². The molecule has 1 N–H and O–H groups in total. The molecule has 166 valence electrons. The van der Waals surface area contributed by atoms with Gasteiger partial charge < -0.3 is 10.2 Å². The Balaban J connectivity index is 1.40. The van der Waals surface area contributed by atoms with Gasteiger partial charge in [0.15, 0.2) is 5.82 Å². The molecule has 0 atom stereocenters. The van der Waals surface area contributed by atoms with Gasteiger partial charge in [0.2, 0.25) is 10.0 Å². The summed E-state index contributed by atoms with van der Waals surface area (Å²) in [6, 6.07) is 15.7. The number of nitrogens with one attached hydrogen (secondary N) is 1. The molecule has 1 fully saturated rings. The second-order valence-corrected chi connectivity index (χ2v) is 9.42. The minimum Gasteiger partial charge on any atom is -0.322 e. The van der Waals surface area contributed by atoms with Crippen LogP contribution < -0.4 is 5.32 Å². The Morgan fingerprint density at radius 2 is 1.56 bits per heavy atom. The van der Waals surface area contributed by atoms with E-state index in [4.69, 9.17) is 0 Å². The number of carbonyl (C=O) groups excluding carboxylic acids is 1. The summed E-state index contributed by atoms with van der Waals surface area (Å²) in [4.78, 5) is 23.5. The summed E-state index contributed by atoms with van der Waals surface area (Å²) in [5, 5.41) is 2.76. The van der Waals surface area contributed by atoms with Crippen molar-refractivity contribution in [3.63, 3.8) is 0 Å². The highest BCUT2D eigenvalue weighted by atomic mass is 32.2. The van der Waals surface area contributed by atoms with Crippen molar-refractivity contribution in [2.45, 2.75) is 11.8 Å². The maximum Gasteiger partial charge on any atom is 0.258 e. The average molecular weight is 452 g/mol. The van der Waals surface area contributed by atoms with E-state index in [1.54, 1.807) is 12.1 Å². The van der Waals surface area contributed by atoms with Crippen LogP contribution in [0.25, 0.3) is 11.4 Å². The fraction of sp³-hybridized carbons (Fsp3) is 0.261. The van der Waals surface area contributed by atoms with Gasteiger partial charge in [-0.3, -0.25) is 4.79 Å². The second kappa shape index (κ2) is 9.56. The molecular weight excluding hydrogens is 426 g/mol. The van der Waals surface area contributed by atoms with Crippen molar-refractivity contribution in [1.82, 2.24) is 19.2 Å². The van der Waals surface area contributed by atoms with Crippen molar-refractivity contribution in [3.8, 4) is 11.4 Å². The van der Waals surface area contributed by atoms with Gasteiger partial charge in [-0.2, -0.15) is 4.31 Å². The highest BCUT2D eigenvalue weighted by Gasteiger charge is 2.27. The number of aromatic nitrogens is 2. The average Bonchev–Trinajstić information content (AvgIpc) is 2.85. The lowest BCUT2D eigenvalue weighted by molar-refractivity contribution is 0.102. The molecule has 0 unspecified atom stereocenters. The van der Waals surface area contributed by atoms with Crippen molar-refractivity contribution < 1.29 is 13.2 Å². The minimum absolute atomic E-state index is 0.219. The fourth-order valence-corrected chi connectivity index (χ4v) is 4.95. The molecule has 2 aromatic carbocycles. The first-order chi connectivity index (χ1) is 15.5. The van der Waals surface area contributed by atoms with E-state index in [-0.39, 0.29) is 10.8 Å². The number of sulfonamides is 1. The standard InChI is InChI=1S/C23H25N5O3S/c1-2-27-12-14-28(15-13-27)32(30,31)21-10-8-20(9-11-21)26-23(29)19-16-24-22(25-17-19)18-6-4-3-5-7-18/h3-11,16-17H,2,12-15H2,1H3,(H,26,29). The maximum atomic E-state index is 12.9. The van der Waals surface area contributed by atoms with Crippen molar-refractivity contribution in [1.29, 1.82) is 0 Å². The van der Waals surface area contributed by atoms with E-state index in [2.05, 4.69) is 27.1 Å². The number of carbonyl (C=O) groups is 1. The van der Waals surface area contributed by atoms with Gasteiger partial charge in [-0.05, 0) is 30.8 Å². The number of piperazine rings is 1. The maximum absolute atomic E-state index is 12.9. The molecule has 0 bridgehead atoms. The molecule has 2 heterocycles. The van der Waals surface area contributed by atoms with Crippen LogP contribution in [0.5, 0.6) is 0 Å². The fourth-order valence-electron chi connectivity index (χ4n) is 3.53. The highest BCUT2D eigenvalue weighted by Crippen LogP contribution is 2.20. The quantitative estimate of drug-likeness (QED) is 0.619. The summed E-state index contributed by atoms with van der Waals surface area (Å²) in [5.41, 5.74) is 1.68. The molecule has 0 radical (unpaired) electrons. The van der Waals surface area contributed by atoms with Gasteiger partial charge >= 0.3 is 0 Å². The molecule has 0 spiro atoms. The Kier molecular flexibility index (Phi) is 6.59. The largest absolute Gasteiger partial charge is 0.322 e. The summed E-state index contributed by atoms with van der Waals surface area (Å²) in [6.07, 6.45) is 2.94. The molecule has 9 heteroatoms. The Morgan fingerprint density at radius 3 is 2.16 bits per heavy atom. The highest BCUT2D eigenvalue weighted by molar-refractivity contribution is 7.89. The lowest BCUT2D eigenvalue weighted by atomic mass is 10.2. The Labute approximate surface area is 188 Å². The molecule has 4 rings (SSSR count). The number of hydrogen-bond acceptors (Lipinski definition) is 6. The lowest BCUT2D eigenvalue weighted by Gasteiger charge is -2.33. The first-order valence-electron chi connectivity index (χ1n) is 10.5. The second-order valence-electron chi connectivity index (χ2n) is 7.48. The van der Waals surface area contributed by atoms with E-state index in [9.17, 15) is 13.2 Å². The zero-order valence-electron chi connectivity index (χ0n) is 17.8. The zero-order chi connectivity index (χ0) is 22.6. The van der Waals surface area contributed by atoms with Crippen LogP contribution in [0.3, 0.4) is 0 Å². The number of likely N-dealkylation sites (N-methyl/N-ethyl adjacent to an activating group) is 1. The SMILES string of the molecule is CCN1CCN(S(=O)(=O)c2ccc(NC(=O)c3cnc(-c4ccccc4)nc3)cc2)CC1. The molecule has 0 aliphatic carbocycles. The predicted octanol–water partition coefficient (Wildman–Crippen LogP) is 2.72. The van der Waals surface area contributed by atoms with Gasteiger partial charge in [0.25, 0.3) is 5.91 Å². The molecule has 1 aliphatic heterocycles. The van der Waals surface area contributed by atoms with E-state index in [1.165, 1.54) is 28.8 Å². The van der Waals surface area contributed by atoms with E-state index in [1.807, 2.05) is 30.3 Å². The smallest absolute Gasteiger partial charge is 0.258 e. The van der Waals surface area contributed by atoms with E-state index in [0.29, 0.717) is 30.2 Å². The van der Waals surface area contributed by atoms with Crippen LogP contribution in [0.4, 0.5) is 5.69 Å². The molecule has 1 saturated heterocycles. The summed E-state index contributed by atoms with van der Waals surface area (Å²) >= 11 is 0. The summed E-state index contributed by atoms with van der Waals surface area (Å²) in [7, 11) is -3.55. The van der Waals surface area contributed by atoms with Crippen LogP contribution in [0.15, 0.2) is 71.9 Å². The molecular formula is C23H25N5O3S. The topological polar surface area (TPSA) is 95.5 Å². The van der Waals surface area contributed by atoms with E-state index < -0.39 is 10.0 Å². The molecule has 1 aliphatic rings. The third-order valence-electron chi connectivity index (χ3n) is 5.47. The van der Waals surface area contributed by atoms with E-state index in [0.717, 1.165) is 25.2 Å². The first-order valence-corrected chi connectivity index (χ1v) is 11.9. The van der Waals surface area contributed by atoms with E-state index >= 15 is 0 Å². The number of rotatable bonds is 6. The monoisotopic (exact) mass is 451 g/mol. The van der Waals surface area contributed by atoms with Crippen molar-refractivity contribution in [3.05, 3.63) is 72.6 Å². The normalized spacial score (nSPS) is 15.4. The van der Waals surface area contributed by atoms with Crippen LogP contribution in [-0.2, 0) is 10.0 Å². The van der Waals surface area contributed by atoms with Crippen LogP contribution in [0.1, 0.15) is 17.3 Å². The Bertz CT molecular complexity index is 1160. The Hall–Kier alpha value is -3.14. The molecule has 1 aromatic heterocycles. The van der Waals surface area contributed by atoms with Gasteiger partial charge in [-0.15, -0.1) is 0 Å². The predicted molar refractivity (Wildman–Crippen MR) is 123 cm³/mol. The van der Waals surface area contributed by atoms with Gasteiger partial charge in [0.05, 0.1) is 10.5 Å². The number of benzene rings is 2. The van der Waals surface area contributed by atoms with Crippen molar-refractivity contribution in [2.24, 2.45) is 0 Å². The molecule has 32 heavy (non-hydrogen) atoms. The van der Waals surface area contributed by atoms with Gasteiger partial charge in [-0.25, -0.2) is 18.4 Å². The van der Waals surface area contributed by atoms with Gasteiger partial charge in [0.1, 0.15) is 0 Å². The van der Waals surface area contributed by atoms with Crippen LogP contribution >= 0.6 is 0 Å². The number of anilines is 1. The summed E-state index contributed by atoms with van der Waals surface area (Å²) in [6.45, 7) is 5.41. The third-order valence-corrected chi connectivity index (χ3v) is 7.39. The number of amides is 1. The minimum atomic E-state index is -3.55. The summed E-state index contributed by atoms with van der Waals surface area (Å²) in [5.74, 6) is 0.174. The molecule has 0 saturated carbocycles. The van der Waals surface area contributed by atoms with Gasteiger partial charge in [-0.1, -0.05) is 37.3 Å². The lowest BCUT2D eigenvalue weighted by Crippen LogP contribution is -2.48. The molecule has 1 amide bonds. The zero-order valence-corrected chi connectivity index (χ0v) is 18.6. The van der Waals surface area contributed by atoms with Crippen molar-refractivity contribution in [2.75, 3.05) is 38.0 Å². The van der Waals surface area contributed by atoms with Crippen LogP contribution in [0.2, 0.25) is 0 Å². The Morgan fingerprint density at radius 1 is 0.938 bits per heavy atom. The first kappa shape index (κ1) is 22.1. The number of nitrogens with zero attached hydrogens (tertiary/aromatic N) is 4. The number of hydrogen-bond donors (Lipinski definition) is 1. The van der Waals surface area contributed by atoms with Crippen LogP contribution in [0, 0.1) is 0 Å². The third kappa shape index (κ3) is 4.85. The summed E-state index contributed by atoms with van der Waals surface area (Å²) < 4.78 is 27.3. The van der Waals surface area contributed by atoms with Crippen LogP contribution in [-0.4, -0.2) is 66.2 Å².